The lowest BCUT2D eigenvalue weighted by atomic mass is 10.1. The molecule has 1 fully saturated rings. The molecule has 0 spiro atoms. The highest BCUT2D eigenvalue weighted by Gasteiger charge is 2.26. The van der Waals surface area contributed by atoms with Crippen molar-refractivity contribution in [1.82, 2.24) is 9.62 Å². The van der Waals surface area contributed by atoms with Gasteiger partial charge < -0.3 is 10.1 Å². The Labute approximate surface area is 187 Å². The van der Waals surface area contributed by atoms with Gasteiger partial charge in [-0.2, -0.15) is 4.31 Å². The molecule has 0 radical (unpaired) electrons. The van der Waals surface area contributed by atoms with Gasteiger partial charge in [0.2, 0.25) is 10.0 Å². The Morgan fingerprint density at radius 2 is 1.72 bits per heavy atom. The summed E-state index contributed by atoms with van der Waals surface area (Å²) in [5.41, 5.74) is 0.762. The Balaban J connectivity index is 1.59. The van der Waals surface area contributed by atoms with Gasteiger partial charge in [-0.15, -0.1) is 0 Å². The van der Waals surface area contributed by atoms with Crippen molar-refractivity contribution < 1.29 is 27.1 Å². The van der Waals surface area contributed by atoms with Crippen LogP contribution in [0.5, 0.6) is 0 Å². The second kappa shape index (κ2) is 10.7. The number of hydrogen-bond donors (Lipinski definition) is 1. The molecular formula is C23H27FN2O5S. The first-order valence-electron chi connectivity index (χ1n) is 10.6. The van der Waals surface area contributed by atoms with E-state index in [4.69, 9.17) is 4.74 Å². The number of carbonyl (C=O) groups excluding carboxylic acids is 2. The molecule has 1 N–H and O–H groups in total. The molecule has 0 unspecified atom stereocenters. The van der Waals surface area contributed by atoms with E-state index in [0.29, 0.717) is 18.7 Å². The van der Waals surface area contributed by atoms with Crippen LogP contribution in [0.15, 0.2) is 53.4 Å². The van der Waals surface area contributed by atoms with Crippen molar-refractivity contribution >= 4 is 21.9 Å². The van der Waals surface area contributed by atoms with Crippen molar-refractivity contribution in [2.75, 3.05) is 19.7 Å². The summed E-state index contributed by atoms with van der Waals surface area (Å²) in [6.45, 7) is 2.13. The van der Waals surface area contributed by atoms with Crippen LogP contribution >= 0.6 is 0 Å². The molecule has 1 aliphatic rings. The first-order valence-corrected chi connectivity index (χ1v) is 12.0. The number of amides is 1. The van der Waals surface area contributed by atoms with Crippen LogP contribution in [0.2, 0.25) is 0 Å². The van der Waals surface area contributed by atoms with Crippen molar-refractivity contribution in [2.24, 2.45) is 0 Å². The summed E-state index contributed by atoms with van der Waals surface area (Å²) in [6, 6.07) is 11.0. The summed E-state index contributed by atoms with van der Waals surface area (Å²) in [6.07, 6.45) is 3.62. The first-order chi connectivity index (χ1) is 15.3. The maximum atomic E-state index is 13.0. The molecule has 0 aliphatic carbocycles. The highest BCUT2D eigenvalue weighted by atomic mass is 32.2. The third kappa shape index (κ3) is 6.14. The van der Waals surface area contributed by atoms with Gasteiger partial charge in [0.25, 0.3) is 5.91 Å². The number of nitrogens with one attached hydrogen (secondary N) is 1. The molecule has 0 saturated carbocycles. The largest absolute Gasteiger partial charge is 0.452 e. The van der Waals surface area contributed by atoms with E-state index in [1.54, 1.807) is 19.1 Å². The zero-order valence-corrected chi connectivity index (χ0v) is 18.7. The van der Waals surface area contributed by atoms with Gasteiger partial charge in [0.15, 0.2) is 6.61 Å². The predicted octanol–water partition coefficient (Wildman–Crippen LogP) is 3.42. The molecule has 1 saturated heterocycles. The molecule has 9 heteroatoms. The number of benzene rings is 2. The van der Waals surface area contributed by atoms with E-state index in [1.165, 1.54) is 40.7 Å². The minimum Gasteiger partial charge on any atom is -0.452 e. The Morgan fingerprint density at radius 1 is 1.06 bits per heavy atom. The van der Waals surface area contributed by atoms with Crippen LogP contribution in [-0.2, 0) is 19.6 Å². The van der Waals surface area contributed by atoms with Crippen LogP contribution in [0, 0.1) is 5.82 Å². The fourth-order valence-corrected chi connectivity index (χ4v) is 5.11. The minimum absolute atomic E-state index is 0.0308. The maximum Gasteiger partial charge on any atom is 0.338 e. The van der Waals surface area contributed by atoms with Crippen molar-refractivity contribution in [1.29, 1.82) is 0 Å². The van der Waals surface area contributed by atoms with Gasteiger partial charge in [-0.1, -0.05) is 31.0 Å². The number of nitrogens with zero attached hydrogens (tertiary/aromatic N) is 1. The van der Waals surface area contributed by atoms with Crippen LogP contribution in [-0.4, -0.2) is 44.3 Å². The van der Waals surface area contributed by atoms with Crippen molar-refractivity contribution in [2.45, 2.75) is 43.5 Å². The lowest BCUT2D eigenvalue weighted by molar-refractivity contribution is -0.124. The number of sulfonamides is 1. The molecule has 2 aromatic rings. The predicted molar refractivity (Wildman–Crippen MR) is 117 cm³/mol. The Bertz CT molecular complexity index is 1050. The van der Waals surface area contributed by atoms with Gasteiger partial charge in [0, 0.05) is 13.1 Å². The van der Waals surface area contributed by atoms with Crippen molar-refractivity contribution in [3.8, 4) is 0 Å². The minimum atomic E-state index is -3.70. The molecular weight excluding hydrogens is 435 g/mol. The normalized spacial score (nSPS) is 16.1. The number of rotatable bonds is 7. The third-order valence-corrected chi connectivity index (χ3v) is 7.25. The Hall–Kier alpha value is -2.78. The average molecular weight is 463 g/mol. The average Bonchev–Trinajstić information content (AvgIpc) is 3.08. The highest BCUT2D eigenvalue weighted by Crippen LogP contribution is 2.21. The second-order valence-corrected chi connectivity index (χ2v) is 9.70. The number of hydrogen-bond acceptors (Lipinski definition) is 5. The molecule has 1 amide bonds. The zero-order chi connectivity index (χ0) is 23.1. The molecule has 1 atom stereocenters. The number of esters is 1. The molecule has 1 heterocycles. The van der Waals surface area contributed by atoms with Gasteiger partial charge in [0.05, 0.1) is 16.5 Å². The fourth-order valence-electron chi connectivity index (χ4n) is 3.55. The Kier molecular flexibility index (Phi) is 7.98. The summed E-state index contributed by atoms with van der Waals surface area (Å²) in [7, 11) is -3.70. The van der Waals surface area contributed by atoms with E-state index in [0.717, 1.165) is 25.7 Å². The molecule has 0 bridgehead atoms. The number of ether oxygens (including phenoxy) is 1. The van der Waals surface area contributed by atoms with Crippen LogP contribution < -0.4 is 5.32 Å². The zero-order valence-electron chi connectivity index (χ0n) is 17.9. The summed E-state index contributed by atoms with van der Waals surface area (Å²) in [5, 5.41) is 2.67. The van der Waals surface area contributed by atoms with E-state index in [9.17, 15) is 22.4 Å². The van der Waals surface area contributed by atoms with Crippen LogP contribution in [0.3, 0.4) is 0 Å². The standard InChI is InChI=1S/C23H27FN2O5S/c1-17(18-9-11-20(24)12-10-18)25-22(27)16-31-23(28)19-7-6-8-21(15-19)32(29,30)26-13-4-2-3-5-14-26/h6-12,15,17H,2-5,13-14,16H2,1H3,(H,25,27)/t17-/m1/s1. The monoisotopic (exact) mass is 462 g/mol. The summed E-state index contributed by atoms with van der Waals surface area (Å²) in [5.74, 6) is -1.69. The lowest BCUT2D eigenvalue weighted by Crippen LogP contribution is -2.32. The molecule has 32 heavy (non-hydrogen) atoms. The van der Waals surface area contributed by atoms with Crippen LogP contribution in [0.1, 0.15) is 54.6 Å². The number of carbonyl (C=O) groups is 2. The van der Waals surface area contributed by atoms with Gasteiger partial charge in [-0.3, -0.25) is 4.79 Å². The van der Waals surface area contributed by atoms with Gasteiger partial charge >= 0.3 is 5.97 Å². The maximum absolute atomic E-state index is 13.0. The van der Waals surface area contributed by atoms with E-state index >= 15 is 0 Å². The Morgan fingerprint density at radius 3 is 2.38 bits per heavy atom. The van der Waals surface area contributed by atoms with Crippen LogP contribution in [0.4, 0.5) is 4.39 Å². The molecule has 7 nitrogen and oxygen atoms in total. The second-order valence-electron chi connectivity index (χ2n) is 7.76. The van der Waals surface area contributed by atoms with Crippen LogP contribution in [0.25, 0.3) is 0 Å². The summed E-state index contributed by atoms with van der Waals surface area (Å²) >= 11 is 0. The summed E-state index contributed by atoms with van der Waals surface area (Å²) in [4.78, 5) is 24.6. The van der Waals surface area contributed by atoms with E-state index < -0.39 is 34.5 Å². The molecule has 1 aliphatic heterocycles. The highest BCUT2D eigenvalue weighted by molar-refractivity contribution is 7.89. The first kappa shape index (κ1) is 23.9. The van der Waals surface area contributed by atoms with Gasteiger partial charge in [-0.05, 0) is 55.7 Å². The van der Waals surface area contributed by atoms with Gasteiger partial charge in [-0.25, -0.2) is 17.6 Å². The van der Waals surface area contributed by atoms with Crippen molar-refractivity contribution in [3.63, 3.8) is 0 Å². The molecule has 0 aromatic heterocycles. The molecule has 172 valence electrons. The topological polar surface area (TPSA) is 92.8 Å². The lowest BCUT2D eigenvalue weighted by Gasteiger charge is -2.20. The fraction of sp³-hybridized carbons (Fsp3) is 0.391. The summed E-state index contributed by atoms with van der Waals surface area (Å²) < 4.78 is 45.4. The van der Waals surface area contributed by atoms with E-state index in [1.807, 2.05) is 0 Å². The van der Waals surface area contributed by atoms with E-state index in [2.05, 4.69) is 5.32 Å². The number of halogens is 1. The molecule has 3 rings (SSSR count). The van der Waals surface area contributed by atoms with Gasteiger partial charge in [0.1, 0.15) is 5.82 Å². The quantitative estimate of drug-likeness (QED) is 0.637. The third-order valence-electron chi connectivity index (χ3n) is 5.35. The smallest absolute Gasteiger partial charge is 0.338 e. The van der Waals surface area contributed by atoms with Crippen molar-refractivity contribution in [3.05, 3.63) is 65.5 Å². The SMILES string of the molecule is C[C@@H](NC(=O)COC(=O)c1cccc(S(=O)(=O)N2CCCCCC2)c1)c1ccc(F)cc1. The van der Waals surface area contributed by atoms with E-state index in [-0.39, 0.29) is 16.3 Å². The molecule has 2 aromatic carbocycles.